The summed E-state index contributed by atoms with van der Waals surface area (Å²) in [7, 11) is 0. The molecule has 0 aromatic carbocycles. The maximum absolute atomic E-state index is 12.2. The van der Waals surface area contributed by atoms with Gasteiger partial charge in [0.25, 0.3) is 0 Å². The van der Waals surface area contributed by atoms with Crippen LogP contribution in [0.15, 0.2) is 0 Å². The molecule has 0 radical (unpaired) electrons. The summed E-state index contributed by atoms with van der Waals surface area (Å²) in [5, 5.41) is 3.34. The predicted octanol–water partition coefficient (Wildman–Crippen LogP) is 3.76. The molecule has 1 rings (SSSR count). The van der Waals surface area contributed by atoms with Crippen LogP contribution >= 0.6 is 0 Å². The van der Waals surface area contributed by atoms with Crippen LogP contribution in [0.3, 0.4) is 0 Å². The summed E-state index contributed by atoms with van der Waals surface area (Å²) in [6.45, 7) is 8.97. The number of ether oxygens (including phenoxy) is 1. The van der Waals surface area contributed by atoms with Crippen molar-refractivity contribution in [3.05, 3.63) is 0 Å². The number of alkyl halides is 3. The Morgan fingerprint density at radius 1 is 1.16 bits per heavy atom. The predicted molar refractivity (Wildman–Crippen MR) is 70.0 cm³/mol. The van der Waals surface area contributed by atoms with Gasteiger partial charge in [-0.3, -0.25) is 0 Å². The third kappa shape index (κ3) is 4.95. The van der Waals surface area contributed by atoms with Crippen molar-refractivity contribution in [1.29, 1.82) is 0 Å². The average molecular weight is 281 g/mol. The van der Waals surface area contributed by atoms with Gasteiger partial charge in [-0.05, 0) is 39.2 Å². The second-order valence-electron chi connectivity index (χ2n) is 5.65. The fourth-order valence-corrected chi connectivity index (χ4v) is 3.20. The summed E-state index contributed by atoms with van der Waals surface area (Å²) < 4.78 is 42.5. The number of nitrogens with one attached hydrogen (secondary N) is 1. The summed E-state index contributed by atoms with van der Waals surface area (Å²) in [5.41, 5.74) is 0. The van der Waals surface area contributed by atoms with Crippen molar-refractivity contribution in [1.82, 2.24) is 5.32 Å². The van der Waals surface area contributed by atoms with Crippen LogP contribution in [0, 0.1) is 11.8 Å². The molecule has 1 aliphatic rings. The zero-order valence-corrected chi connectivity index (χ0v) is 12.3. The van der Waals surface area contributed by atoms with Gasteiger partial charge in [-0.15, -0.1) is 0 Å². The van der Waals surface area contributed by atoms with Crippen molar-refractivity contribution in [3.8, 4) is 0 Å². The molecule has 5 atom stereocenters. The summed E-state index contributed by atoms with van der Waals surface area (Å²) in [6.07, 6.45) is -3.70. The highest BCUT2D eigenvalue weighted by atomic mass is 19.4. The summed E-state index contributed by atoms with van der Waals surface area (Å²) >= 11 is 0. The first-order valence-corrected chi connectivity index (χ1v) is 7.21. The SMILES string of the molecule is CCNC(CCCC(F)(F)F)C1C(C)OC(C)C1C. The molecule has 1 heterocycles. The minimum atomic E-state index is -4.05. The molecule has 5 unspecified atom stereocenters. The van der Waals surface area contributed by atoms with Crippen molar-refractivity contribution in [3.63, 3.8) is 0 Å². The van der Waals surface area contributed by atoms with Gasteiger partial charge in [-0.2, -0.15) is 13.2 Å². The van der Waals surface area contributed by atoms with Gasteiger partial charge < -0.3 is 10.1 Å². The number of rotatable bonds is 6. The van der Waals surface area contributed by atoms with Gasteiger partial charge in [-0.1, -0.05) is 13.8 Å². The van der Waals surface area contributed by atoms with Gasteiger partial charge in [0, 0.05) is 18.4 Å². The van der Waals surface area contributed by atoms with Crippen LogP contribution in [-0.4, -0.2) is 31.0 Å². The smallest absolute Gasteiger partial charge is 0.375 e. The van der Waals surface area contributed by atoms with Crippen LogP contribution < -0.4 is 5.32 Å². The van der Waals surface area contributed by atoms with E-state index in [1.165, 1.54) is 0 Å². The van der Waals surface area contributed by atoms with Crippen molar-refractivity contribution >= 4 is 0 Å². The first-order chi connectivity index (χ1) is 8.76. The Bertz CT molecular complexity index is 270. The molecule has 0 bridgehead atoms. The van der Waals surface area contributed by atoms with E-state index in [0.717, 1.165) is 6.54 Å². The minimum absolute atomic E-state index is 0.111. The minimum Gasteiger partial charge on any atom is -0.375 e. The summed E-state index contributed by atoms with van der Waals surface area (Å²) in [4.78, 5) is 0. The van der Waals surface area contributed by atoms with Gasteiger partial charge in [0.1, 0.15) is 0 Å². The van der Waals surface area contributed by atoms with E-state index in [9.17, 15) is 13.2 Å². The van der Waals surface area contributed by atoms with E-state index in [-0.39, 0.29) is 24.7 Å². The zero-order valence-electron chi connectivity index (χ0n) is 12.3. The molecule has 5 heteroatoms. The van der Waals surface area contributed by atoms with E-state index in [1.807, 2.05) is 20.8 Å². The molecular formula is C14H26F3NO. The number of hydrogen-bond donors (Lipinski definition) is 1. The lowest BCUT2D eigenvalue weighted by molar-refractivity contribution is -0.136. The highest BCUT2D eigenvalue weighted by Crippen LogP contribution is 2.36. The van der Waals surface area contributed by atoms with Crippen LogP contribution in [-0.2, 0) is 4.74 Å². The van der Waals surface area contributed by atoms with E-state index in [2.05, 4.69) is 12.2 Å². The average Bonchev–Trinajstić information content (AvgIpc) is 2.50. The van der Waals surface area contributed by atoms with E-state index < -0.39 is 12.6 Å². The topological polar surface area (TPSA) is 21.3 Å². The highest BCUT2D eigenvalue weighted by molar-refractivity contribution is 4.91. The van der Waals surface area contributed by atoms with E-state index >= 15 is 0 Å². The van der Waals surface area contributed by atoms with Gasteiger partial charge in [-0.25, -0.2) is 0 Å². The molecule has 0 aromatic rings. The molecule has 0 saturated carbocycles. The van der Waals surface area contributed by atoms with Gasteiger partial charge in [0.05, 0.1) is 12.2 Å². The molecule has 0 amide bonds. The second-order valence-corrected chi connectivity index (χ2v) is 5.65. The van der Waals surface area contributed by atoms with Crippen molar-refractivity contribution < 1.29 is 17.9 Å². The lowest BCUT2D eigenvalue weighted by Gasteiger charge is -2.30. The molecule has 2 nitrogen and oxygen atoms in total. The Kier molecular flexibility index (Phi) is 6.12. The van der Waals surface area contributed by atoms with Gasteiger partial charge in [0.15, 0.2) is 0 Å². The lowest BCUT2D eigenvalue weighted by atomic mass is 9.81. The van der Waals surface area contributed by atoms with Crippen molar-refractivity contribution in [2.45, 2.75) is 71.4 Å². The molecule has 0 spiro atoms. The van der Waals surface area contributed by atoms with Gasteiger partial charge in [0.2, 0.25) is 0 Å². The summed E-state index contributed by atoms with van der Waals surface area (Å²) in [6, 6.07) is 0.113. The third-order valence-electron chi connectivity index (χ3n) is 4.23. The largest absolute Gasteiger partial charge is 0.389 e. The Hall–Kier alpha value is -0.290. The molecule has 19 heavy (non-hydrogen) atoms. The fraction of sp³-hybridized carbons (Fsp3) is 1.00. The highest BCUT2D eigenvalue weighted by Gasteiger charge is 2.41. The van der Waals surface area contributed by atoms with Crippen molar-refractivity contribution in [2.24, 2.45) is 11.8 Å². The standard InChI is InChI=1S/C14H26F3NO/c1-5-18-12(7-6-8-14(15,16)17)13-9(2)10(3)19-11(13)4/h9-13,18H,5-8H2,1-4H3. The van der Waals surface area contributed by atoms with E-state index in [4.69, 9.17) is 4.74 Å². The Balaban J connectivity index is 2.56. The molecular weight excluding hydrogens is 255 g/mol. The Morgan fingerprint density at radius 3 is 2.21 bits per heavy atom. The fourth-order valence-electron chi connectivity index (χ4n) is 3.20. The molecule has 1 N–H and O–H groups in total. The molecule has 1 aliphatic heterocycles. The lowest BCUT2D eigenvalue weighted by Crippen LogP contribution is -2.42. The third-order valence-corrected chi connectivity index (χ3v) is 4.23. The van der Waals surface area contributed by atoms with E-state index in [0.29, 0.717) is 18.3 Å². The zero-order chi connectivity index (χ0) is 14.6. The van der Waals surface area contributed by atoms with Crippen LogP contribution in [0.4, 0.5) is 13.2 Å². The second kappa shape index (κ2) is 6.93. The molecule has 1 fully saturated rings. The monoisotopic (exact) mass is 281 g/mol. The maximum Gasteiger partial charge on any atom is 0.389 e. The normalized spacial score (nSPS) is 33.6. The van der Waals surface area contributed by atoms with Crippen LogP contribution in [0.2, 0.25) is 0 Å². The first kappa shape index (κ1) is 16.8. The Labute approximate surface area is 114 Å². The Morgan fingerprint density at radius 2 is 1.79 bits per heavy atom. The number of halogens is 3. The van der Waals surface area contributed by atoms with Crippen LogP contribution in [0.5, 0.6) is 0 Å². The number of hydrogen-bond acceptors (Lipinski definition) is 2. The van der Waals surface area contributed by atoms with Crippen LogP contribution in [0.25, 0.3) is 0 Å². The molecule has 0 aromatic heterocycles. The molecule has 0 aliphatic carbocycles. The molecule has 1 saturated heterocycles. The van der Waals surface area contributed by atoms with E-state index in [1.54, 1.807) is 0 Å². The van der Waals surface area contributed by atoms with Crippen molar-refractivity contribution in [2.75, 3.05) is 6.54 Å². The summed E-state index contributed by atoms with van der Waals surface area (Å²) in [5.74, 6) is 0.674. The molecule has 114 valence electrons. The maximum atomic E-state index is 12.2. The van der Waals surface area contributed by atoms with Gasteiger partial charge >= 0.3 is 6.18 Å². The quantitative estimate of drug-likeness (QED) is 0.800. The van der Waals surface area contributed by atoms with Crippen LogP contribution in [0.1, 0.15) is 47.0 Å². The first-order valence-electron chi connectivity index (χ1n) is 7.21.